The van der Waals surface area contributed by atoms with E-state index >= 15 is 0 Å². The van der Waals surface area contributed by atoms with Crippen LogP contribution in [0.2, 0.25) is 0 Å². The molecule has 2 N–H and O–H groups in total. The molecular formula is C27H32N2O5S. The van der Waals surface area contributed by atoms with Crippen molar-refractivity contribution in [2.45, 2.75) is 44.2 Å². The molecule has 0 radical (unpaired) electrons. The lowest BCUT2D eigenvalue weighted by Crippen LogP contribution is -2.48. The van der Waals surface area contributed by atoms with Gasteiger partial charge in [0.05, 0.1) is 24.7 Å². The van der Waals surface area contributed by atoms with Crippen molar-refractivity contribution < 1.29 is 22.7 Å². The van der Waals surface area contributed by atoms with Crippen LogP contribution in [0.1, 0.15) is 36.6 Å². The Balaban J connectivity index is 1.86. The van der Waals surface area contributed by atoms with Crippen LogP contribution in [0.3, 0.4) is 0 Å². The van der Waals surface area contributed by atoms with Crippen molar-refractivity contribution in [3.8, 4) is 11.5 Å². The molecule has 0 aromatic heterocycles. The highest BCUT2D eigenvalue weighted by Crippen LogP contribution is 2.25. The molecular weight excluding hydrogens is 464 g/mol. The molecule has 3 aromatic rings. The zero-order chi connectivity index (χ0) is 25.4. The van der Waals surface area contributed by atoms with Crippen molar-refractivity contribution in [2.75, 3.05) is 13.7 Å². The summed E-state index contributed by atoms with van der Waals surface area (Å²) in [6.45, 7) is 5.96. The van der Waals surface area contributed by atoms with Crippen LogP contribution in [0, 0.1) is 6.92 Å². The summed E-state index contributed by atoms with van der Waals surface area (Å²) in [7, 11) is -2.42. The van der Waals surface area contributed by atoms with Crippen molar-refractivity contribution in [2.24, 2.45) is 0 Å². The van der Waals surface area contributed by atoms with Gasteiger partial charge in [0.25, 0.3) is 0 Å². The van der Waals surface area contributed by atoms with Crippen LogP contribution in [-0.2, 0) is 21.2 Å². The molecule has 0 unspecified atom stereocenters. The quantitative estimate of drug-likeness (QED) is 0.416. The Labute approximate surface area is 207 Å². The monoisotopic (exact) mass is 496 g/mol. The number of para-hydroxylation sites is 1. The molecule has 3 aromatic carbocycles. The van der Waals surface area contributed by atoms with E-state index in [0.29, 0.717) is 23.7 Å². The van der Waals surface area contributed by atoms with E-state index in [1.807, 2.05) is 68.4 Å². The SMILES string of the molecule is CCOc1ccc(S(=O)(=O)N[C@@H](Cc2ccccc2)C(=O)N[C@@H](C)c2ccccc2OC)cc1C. The Morgan fingerprint density at radius 2 is 1.66 bits per heavy atom. The van der Waals surface area contributed by atoms with Crippen LogP contribution in [0.25, 0.3) is 0 Å². The van der Waals surface area contributed by atoms with Gasteiger partial charge in [-0.15, -0.1) is 0 Å². The highest BCUT2D eigenvalue weighted by atomic mass is 32.2. The number of aryl methyl sites for hydroxylation is 1. The third-order valence-electron chi connectivity index (χ3n) is 5.62. The predicted octanol–water partition coefficient (Wildman–Crippen LogP) is 4.17. The van der Waals surface area contributed by atoms with Gasteiger partial charge in [0.1, 0.15) is 17.5 Å². The van der Waals surface area contributed by atoms with E-state index in [0.717, 1.165) is 11.1 Å². The largest absolute Gasteiger partial charge is 0.496 e. The van der Waals surface area contributed by atoms with Gasteiger partial charge in [-0.05, 0) is 62.6 Å². The molecule has 0 bridgehead atoms. The van der Waals surface area contributed by atoms with Gasteiger partial charge >= 0.3 is 0 Å². The van der Waals surface area contributed by atoms with Gasteiger partial charge in [-0.1, -0.05) is 48.5 Å². The van der Waals surface area contributed by atoms with Crippen molar-refractivity contribution in [3.05, 3.63) is 89.5 Å². The second-order valence-corrected chi connectivity index (χ2v) is 9.91. The van der Waals surface area contributed by atoms with Crippen LogP contribution < -0.4 is 19.5 Å². The normalized spacial score (nSPS) is 13.0. The zero-order valence-electron chi connectivity index (χ0n) is 20.4. The second-order valence-electron chi connectivity index (χ2n) is 8.20. The molecule has 0 aliphatic carbocycles. The first-order valence-corrected chi connectivity index (χ1v) is 13.0. The first-order valence-electron chi connectivity index (χ1n) is 11.5. The van der Waals surface area contributed by atoms with Crippen LogP contribution in [-0.4, -0.2) is 34.1 Å². The summed E-state index contributed by atoms with van der Waals surface area (Å²) in [5.41, 5.74) is 2.33. The maximum absolute atomic E-state index is 13.3. The minimum atomic E-state index is -3.98. The average molecular weight is 497 g/mol. The molecule has 2 atom stereocenters. The highest BCUT2D eigenvalue weighted by molar-refractivity contribution is 7.89. The fraction of sp³-hybridized carbons (Fsp3) is 0.296. The molecule has 0 aliphatic heterocycles. The van der Waals surface area contributed by atoms with Gasteiger partial charge in [-0.3, -0.25) is 4.79 Å². The van der Waals surface area contributed by atoms with E-state index in [4.69, 9.17) is 9.47 Å². The third-order valence-corrected chi connectivity index (χ3v) is 7.09. The van der Waals surface area contributed by atoms with E-state index in [9.17, 15) is 13.2 Å². The molecule has 0 heterocycles. The minimum absolute atomic E-state index is 0.0714. The molecule has 0 aliphatic rings. The number of carbonyl (C=O) groups is 1. The maximum atomic E-state index is 13.3. The van der Waals surface area contributed by atoms with Crippen LogP contribution in [0.5, 0.6) is 11.5 Å². The summed E-state index contributed by atoms with van der Waals surface area (Å²) in [6.07, 6.45) is 0.195. The molecule has 7 nitrogen and oxygen atoms in total. The number of ether oxygens (including phenoxy) is 2. The topological polar surface area (TPSA) is 93.7 Å². The van der Waals surface area contributed by atoms with E-state index in [2.05, 4.69) is 10.0 Å². The maximum Gasteiger partial charge on any atom is 0.241 e. The smallest absolute Gasteiger partial charge is 0.241 e. The van der Waals surface area contributed by atoms with Gasteiger partial charge in [-0.25, -0.2) is 8.42 Å². The molecule has 0 spiro atoms. The fourth-order valence-corrected chi connectivity index (χ4v) is 5.10. The molecule has 8 heteroatoms. The van der Waals surface area contributed by atoms with Crippen molar-refractivity contribution in [1.29, 1.82) is 0 Å². The zero-order valence-corrected chi connectivity index (χ0v) is 21.3. The number of amides is 1. The molecule has 0 saturated carbocycles. The highest BCUT2D eigenvalue weighted by Gasteiger charge is 2.28. The van der Waals surface area contributed by atoms with E-state index < -0.39 is 28.0 Å². The van der Waals surface area contributed by atoms with Crippen LogP contribution in [0.15, 0.2) is 77.7 Å². The number of sulfonamides is 1. The van der Waals surface area contributed by atoms with Gasteiger partial charge < -0.3 is 14.8 Å². The number of nitrogens with one attached hydrogen (secondary N) is 2. The Kier molecular flexibility index (Phi) is 8.89. The van der Waals surface area contributed by atoms with Crippen molar-refractivity contribution >= 4 is 15.9 Å². The van der Waals surface area contributed by atoms with Gasteiger partial charge in [0.15, 0.2) is 0 Å². The average Bonchev–Trinajstić information content (AvgIpc) is 2.85. The lowest BCUT2D eigenvalue weighted by atomic mass is 10.0. The number of rotatable bonds is 11. The number of hydrogen-bond acceptors (Lipinski definition) is 5. The minimum Gasteiger partial charge on any atom is -0.496 e. The number of carbonyl (C=O) groups excluding carboxylic acids is 1. The fourth-order valence-electron chi connectivity index (χ4n) is 3.82. The molecule has 35 heavy (non-hydrogen) atoms. The van der Waals surface area contributed by atoms with E-state index in [1.165, 1.54) is 6.07 Å². The number of hydrogen-bond donors (Lipinski definition) is 2. The Morgan fingerprint density at radius 1 is 0.971 bits per heavy atom. The molecule has 186 valence electrons. The molecule has 3 rings (SSSR count). The van der Waals surface area contributed by atoms with Crippen LogP contribution in [0.4, 0.5) is 0 Å². The van der Waals surface area contributed by atoms with Gasteiger partial charge in [0, 0.05) is 5.56 Å². The molecule has 0 saturated heterocycles. The molecule has 1 amide bonds. The Hall–Kier alpha value is -3.36. The lowest BCUT2D eigenvalue weighted by molar-refractivity contribution is -0.123. The lowest BCUT2D eigenvalue weighted by Gasteiger charge is -2.23. The molecule has 0 fully saturated rings. The third kappa shape index (κ3) is 6.83. The summed E-state index contributed by atoms with van der Waals surface area (Å²) in [5, 5.41) is 2.94. The predicted molar refractivity (Wildman–Crippen MR) is 136 cm³/mol. The Bertz CT molecular complexity index is 1250. The number of methoxy groups -OCH3 is 1. The first-order chi connectivity index (χ1) is 16.7. The first kappa shape index (κ1) is 26.2. The summed E-state index contributed by atoms with van der Waals surface area (Å²) < 4.78 is 40.1. The van der Waals surface area contributed by atoms with Crippen molar-refractivity contribution in [3.63, 3.8) is 0 Å². The van der Waals surface area contributed by atoms with Crippen LogP contribution >= 0.6 is 0 Å². The van der Waals surface area contributed by atoms with Gasteiger partial charge in [-0.2, -0.15) is 4.72 Å². The number of benzene rings is 3. The Morgan fingerprint density at radius 3 is 2.31 bits per heavy atom. The van der Waals surface area contributed by atoms with Gasteiger partial charge in [0.2, 0.25) is 15.9 Å². The van der Waals surface area contributed by atoms with E-state index in [1.54, 1.807) is 26.2 Å². The standard InChI is InChI=1S/C27H32N2O5S/c1-5-34-25-16-15-22(17-19(25)2)35(31,32)29-24(18-21-11-7-6-8-12-21)27(30)28-20(3)23-13-9-10-14-26(23)33-4/h6-17,20,24,29H,5,18H2,1-4H3,(H,28,30)/t20-,24-/m0/s1. The summed E-state index contributed by atoms with van der Waals surface area (Å²) in [4.78, 5) is 13.4. The summed E-state index contributed by atoms with van der Waals surface area (Å²) in [6, 6.07) is 19.9. The van der Waals surface area contributed by atoms with E-state index in [-0.39, 0.29) is 11.3 Å². The summed E-state index contributed by atoms with van der Waals surface area (Å²) >= 11 is 0. The van der Waals surface area contributed by atoms with Crippen molar-refractivity contribution in [1.82, 2.24) is 10.0 Å². The summed E-state index contributed by atoms with van der Waals surface area (Å²) in [5.74, 6) is 0.833. The second kappa shape index (κ2) is 11.9.